The molecule has 0 amide bonds. The van der Waals surface area contributed by atoms with E-state index in [1.807, 2.05) is 0 Å². The molecule has 0 aliphatic rings. The lowest BCUT2D eigenvalue weighted by Gasteiger charge is -2.10. The van der Waals surface area contributed by atoms with Crippen molar-refractivity contribution in [1.29, 1.82) is 0 Å². The minimum atomic E-state index is -0.742. The Morgan fingerprint density at radius 1 is 1.25 bits per heavy atom. The number of aliphatic hydroxyl groups is 1. The summed E-state index contributed by atoms with van der Waals surface area (Å²) in [5.74, 6) is -0.266. The number of nitrogens with zero attached hydrogens (tertiary/aromatic N) is 1. The molecular formula is C14H12FNO4. The fourth-order valence-electron chi connectivity index (χ4n) is 1.77. The lowest BCUT2D eigenvalue weighted by atomic mass is 10.1. The molecule has 0 aliphatic carbocycles. The standard InChI is InChI=1S/C14H12FNO4/c15-11-7-12(16(18)19)9-13(8-11)20-14-4-2-1-3-10(14)5-6-17/h1-4,7-9,17H,5-6H2. The Morgan fingerprint density at radius 2 is 2.00 bits per heavy atom. The molecule has 6 heteroatoms. The number of hydrogen-bond donors (Lipinski definition) is 1. The van der Waals surface area contributed by atoms with Gasteiger partial charge in [0.15, 0.2) is 0 Å². The van der Waals surface area contributed by atoms with Crippen LogP contribution >= 0.6 is 0 Å². The van der Waals surface area contributed by atoms with Gasteiger partial charge in [0.2, 0.25) is 0 Å². The first-order valence-corrected chi connectivity index (χ1v) is 5.92. The maximum Gasteiger partial charge on any atom is 0.276 e. The fourth-order valence-corrected chi connectivity index (χ4v) is 1.77. The smallest absolute Gasteiger partial charge is 0.276 e. The molecule has 20 heavy (non-hydrogen) atoms. The average Bonchev–Trinajstić information content (AvgIpc) is 2.40. The molecule has 104 valence electrons. The van der Waals surface area contributed by atoms with E-state index in [-0.39, 0.29) is 18.0 Å². The van der Waals surface area contributed by atoms with Gasteiger partial charge in [-0.05, 0) is 18.1 Å². The van der Waals surface area contributed by atoms with Gasteiger partial charge in [-0.2, -0.15) is 0 Å². The van der Waals surface area contributed by atoms with Crippen LogP contribution in [0, 0.1) is 15.9 Å². The summed E-state index contributed by atoms with van der Waals surface area (Å²) >= 11 is 0. The molecule has 0 saturated heterocycles. The van der Waals surface area contributed by atoms with E-state index in [2.05, 4.69) is 0 Å². The summed E-state index contributed by atoms with van der Waals surface area (Å²) in [5, 5.41) is 19.6. The topological polar surface area (TPSA) is 72.6 Å². The van der Waals surface area contributed by atoms with Crippen molar-refractivity contribution in [1.82, 2.24) is 0 Å². The van der Waals surface area contributed by atoms with Gasteiger partial charge in [-0.1, -0.05) is 18.2 Å². The highest BCUT2D eigenvalue weighted by Gasteiger charge is 2.12. The van der Waals surface area contributed by atoms with Gasteiger partial charge in [-0.15, -0.1) is 0 Å². The zero-order chi connectivity index (χ0) is 14.5. The Morgan fingerprint density at radius 3 is 2.70 bits per heavy atom. The minimum Gasteiger partial charge on any atom is -0.457 e. The molecule has 2 rings (SSSR count). The molecule has 1 N–H and O–H groups in total. The number of nitro groups is 1. The summed E-state index contributed by atoms with van der Waals surface area (Å²) in [4.78, 5) is 9.99. The Kier molecular flexibility index (Phi) is 4.27. The van der Waals surface area contributed by atoms with E-state index < -0.39 is 10.7 Å². The number of nitro benzene ring substituents is 1. The molecule has 0 aromatic heterocycles. The Balaban J connectivity index is 2.32. The van der Waals surface area contributed by atoms with Crippen molar-refractivity contribution in [2.75, 3.05) is 6.61 Å². The molecule has 5 nitrogen and oxygen atoms in total. The van der Waals surface area contributed by atoms with Crippen LogP contribution in [-0.4, -0.2) is 16.6 Å². The largest absolute Gasteiger partial charge is 0.457 e. The molecule has 0 fully saturated rings. The molecule has 0 atom stereocenters. The molecular weight excluding hydrogens is 265 g/mol. The van der Waals surface area contributed by atoms with Crippen molar-refractivity contribution in [3.05, 3.63) is 64.0 Å². The van der Waals surface area contributed by atoms with Crippen molar-refractivity contribution in [2.24, 2.45) is 0 Å². The van der Waals surface area contributed by atoms with Gasteiger partial charge in [0.05, 0.1) is 17.1 Å². The highest BCUT2D eigenvalue weighted by molar-refractivity contribution is 5.43. The van der Waals surface area contributed by atoms with Gasteiger partial charge >= 0.3 is 0 Å². The zero-order valence-corrected chi connectivity index (χ0v) is 10.5. The first kappa shape index (κ1) is 14.0. The Labute approximate surface area is 114 Å². The first-order chi connectivity index (χ1) is 9.60. The molecule has 0 bridgehead atoms. The van der Waals surface area contributed by atoms with E-state index >= 15 is 0 Å². The predicted molar refractivity (Wildman–Crippen MR) is 70.4 cm³/mol. The molecule has 2 aromatic carbocycles. The molecule has 0 saturated carbocycles. The summed E-state index contributed by atoms with van der Waals surface area (Å²) in [6, 6.07) is 9.98. The Bertz CT molecular complexity index is 630. The maximum atomic E-state index is 13.3. The second-order valence-electron chi connectivity index (χ2n) is 4.09. The van der Waals surface area contributed by atoms with Gasteiger partial charge in [0, 0.05) is 12.7 Å². The first-order valence-electron chi connectivity index (χ1n) is 5.92. The van der Waals surface area contributed by atoms with E-state index in [0.29, 0.717) is 12.2 Å². The summed E-state index contributed by atoms with van der Waals surface area (Å²) in [5.41, 5.74) is 0.363. The van der Waals surface area contributed by atoms with Crippen LogP contribution in [0.4, 0.5) is 10.1 Å². The second kappa shape index (κ2) is 6.12. The summed E-state index contributed by atoms with van der Waals surface area (Å²) in [7, 11) is 0. The molecule has 0 radical (unpaired) electrons. The van der Waals surface area contributed by atoms with Crippen LogP contribution in [-0.2, 0) is 6.42 Å². The molecule has 0 heterocycles. The highest BCUT2D eigenvalue weighted by atomic mass is 19.1. The van der Waals surface area contributed by atoms with E-state index in [1.165, 1.54) is 0 Å². The minimum absolute atomic E-state index is 0.0436. The van der Waals surface area contributed by atoms with Crippen LogP contribution in [0.2, 0.25) is 0 Å². The van der Waals surface area contributed by atoms with E-state index in [1.54, 1.807) is 24.3 Å². The van der Waals surface area contributed by atoms with Crippen molar-refractivity contribution in [3.63, 3.8) is 0 Å². The summed E-state index contributed by atoms with van der Waals surface area (Å²) < 4.78 is 18.8. The number of hydrogen-bond acceptors (Lipinski definition) is 4. The normalized spacial score (nSPS) is 10.3. The van der Waals surface area contributed by atoms with Crippen molar-refractivity contribution in [3.8, 4) is 11.5 Å². The maximum absolute atomic E-state index is 13.3. The lowest BCUT2D eigenvalue weighted by molar-refractivity contribution is -0.385. The van der Waals surface area contributed by atoms with Gasteiger partial charge < -0.3 is 9.84 Å². The predicted octanol–water partition coefficient (Wildman–Crippen LogP) is 3.06. The summed E-state index contributed by atoms with van der Waals surface area (Å²) in [6.45, 7) is -0.0519. The van der Waals surface area contributed by atoms with Crippen LogP contribution in [0.5, 0.6) is 11.5 Å². The van der Waals surface area contributed by atoms with E-state index in [9.17, 15) is 14.5 Å². The number of halogens is 1. The van der Waals surface area contributed by atoms with Crippen LogP contribution in [0.15, 0.2) is 42.5 Å². The summed E-state index contributed by atoms with van der Waals surface area (Å²) in [6.07, 6.45) is 0.383. The van der Waals surface area contributed by atoms with E-state index in [4.69, 9.17) is 9.84 Å². The number of ether oxygens (including phenoxy) is 1. The third-order valence-corrected chi connectivity index (χ3v) is 2.65. The van der Waals surface area contributed by atoms with Crippen molar-refractivity contribution >= 4 is 5.69 Å². The van der Waals surface area contributed by atoms with Crippen molar-refractivity contribution in [2.45, 2.75) is 6.42 Å². The van der Waals surface area contributed by atoms with Gasteiger partial charge in [0.1, 0.15) is 17.3 Å². The molecule has 2 aromatic rings. The van der Waals surface area contributed by atoms with E-state index in [0.717, 1.165) is 23.8 Å². The zero-order valence-electron chi connectivity index (χ0n) is 10.5. The monoisotopic (exact) mass is 277 g/mol. The highest BCUT2D eigenvalue weighted by Crippen LogP contribution is 2.29. The number of rotatable bonds is 5. The quantitative estimate of drug-likeness (QED) is 0.673. The third-order valence-electron chi connectivity index (χ3n) is 2.65. The SMILES string of the molecule is O=[N+]([O-])c1cc(F)cc(Oc2ccccc2CCO)c1. The number of para-hydroxylation sites is 1. The second-order valence-corrected chi connectivity index (χ2v) is 4.09. The molecule has 0 aliphatic heterocycles. The third kappa shape index (κ3) is 3.30. The number of aliphatic hydroxyl groups excluding tert-OH is 1. The van der Waals surface area contributed by atoms with Crippen LogP contribution in [0.25, 0.3) is 0 Å². The van der Waals surface area contributed by atoms with Gasteiger partial charge in [-0.3, -0.25) is 10.1 Å². The number of non-ortho nitro benzene ring substituents is 1. The lowest BCUT2D eigenvalue weighted by Crippen LogP contribution is -1.96. The molecule has 0 unspecified atom stereocenters. The van der Waals surface area contributed by atoms with Crippen LogP contribution < -0.4 is 4.74 Å². The fraction of sp³-hybridized carbons (Fsp3) is 0.143. The van der Waals surface area contributed by atoms with Crippen LogP contribution in [0.3, 0.4) is 0 Å². The number of benzene rings is 2. The van der Waals surface area contributed by atoms with Crippen molar-refractivity contribution < 1.29 is 19.2 Å². The molecule has 0 spiro atoms. The Hall–Kier alpha value is -2.47. The van der Waals surface area contributed by atoms with Crippen LogP contribution in [0.1, 0.15) is 5.56 Å². The average molecular weight is 277 g/mol. The van der Waals surface area contributed by atoms with Gasteiger partial charge in [0.25, 0.3) is 5.69 Å². The van der Waals surface area contributed by atoms with Gasteiger partial charge in [-0.25, -0.2) is 4.39 Å².